The van der Waals surface area contributed by atoms with E-state index in [0.717, 1.165) is 30.6 Å². The van der Waals surface area contributed by atoms with Crippen molar-refractivity contribution in [1.82, 2.24) is 5.43 Å². The van der Waals surface area contributed by atoms with Gasteiger partial charge in [-0.2, -0.15) is 5.10 Å². The minimum Gasteiger partial charge on any atom is -0.469 e. The summed E-state index contributed by atoms with van der Waals surface area (Å²) in [6.07, 6.45) is 6.03. The summed E-state index contributed by atoms with van der Waals surface area (Å²) in [6.45, 7) is 0. The molecule has 1 N–H and O–H groups in total. The maximum Gasteiger partial charge on any atom is 0.305 e. The van der Waals surface area contributed by atoms with Crippen molar-refractivity contribution >= 4 is 29.4 Å². The Morgan fingerprint density at radius 2 is 2.05 bits per heavy atom. The van der Waals surface area contributed by atoms with E-state index in [1.54, 1.807) is 17.6 Å². The Morgan fingerprint density at radius 1 is 1.30 bits per heavy atom. The fourth-order valence-electron chi connectivity index (χ4n) is 1.60. The first-order valence-electron chi connectivity index (χ1n) is 6.64. The number of hydrogen-bond donors (Lipinski definition) is 1. The molecule has 0 saturated heterocycles. The highest BCUT2D eigenvalue weighted by Crippen LogP contribution is 2.06. The number of unbranched alkanes of at least 4 members (excludes halogenated alkanes) is 3. The van der Waals surface area contributed by atoms with Gasteiger partial charge in [-0.05, 0) is 24.3 Å². The van der Waals surface area contributed by atoms with E-state index in [0.29, 0.717) is 12.8 Å². The zero-order valence-corrected chi connectivity index (χ0v) is 12.4. The van der Waals surface area contributed by atoms with Crippen molar-refractivity contribution in [2.75, 3.05) is 7.11 Å². The second kappa shape index (κ2) is 10.1. The summed E-state index contributed by atoms with van der Waals surface area (Å²) in [5.74, 6) is -0.253. The van der Waals surface area contributed by atoms with Gasteiger partial charge < -0.3 is 4.74 Å². The summed E-state index contributed by atoms with van der Waals surface area (Å²) >= 11 is 1.57. The summed E-state index contributed by atoms with van der Waals surface area (Å²) in [6, 6.07) is 3.86. The third-order valence-electron chi connectivity index (χ3n) is 2.69. The maximum atomic E-state index is 11.5. The van der Waals surface area contributed by atoms with Crippen molar-refractivity contribution in [2.45, 2.75) is 38.5 Å². The molecule has 1 aromatic heterocycles. The number of nitrogens with one attached hydrogen (secondary N) is 1. The van der Waals surface area contributed by atoms with E-state index in [-0.39, 0.29) is 11.9 Å². The van der Waals surface area contributed by atoms with Crippen molar-refractivity contribution in [3.63, 3.8) is 0 Å². The fraction of sp³-hybridized carbons (Fsp3) is 0.500. The lowest BCUT2D eigenvalue weighted by molar-refractivity contribution is -0.140. The smallest absolute Gasteiger partial charge is 0.305 e. The van der Waals surface area contributed by atoms with Crippen LogP contribution in [-0.4, -0.2) is 25.2 Å². The zero-order chi connectivity index (χ0) is 14.6. The van der Waals surface area contributed by atoms with E-state index in [2.05, 4.69) is 15.3 Å². The van der Waals surface area contributed by atoms with Gasteiger partial charge in [0.2, 0.25) is 5.91 Å². The van der Waals surface area contributed by atoms with Gasteiger partial charge in [0, 0.05) is 17.7 Å². The molecule has 110 valence electrons. The van der Waals surface area contributed by atoms with Gasteiger partial charge >= 0.3 is 5.97 Å². The number of methoxy groups -OCH3 is 1. The summed E-state index contributed by atoms with van der Waals surface area (Å²) in [5, 5.41) is 5.84. The summed E-state index contributed by atoms with van der Waals surface area (Å²) in [5.41, 5.74) is 2.50. The molecule has 0 spiro atoms. The van der Waals surface area contributed by atoms with Crippen LogP contribution in [0.3, 0.4) is 0 Å². The Labute approximate surface area is 123 Å². The predicted octanol–water partition coefficient (Wildman–Crippen LogP) is 2.71. The van der Waals surface area contributed by atoms with E-state index < -0.39 is 0 Å². The Balaban J connectivity index is 1.99. The van der Waals surface area contributed by atoms with Crippen LogP contribution in [0.2, 0.25) is 0 Å². The molecule has 1 rings (SSSR count). The van der Waals surface area contributed by atoms with Gasteiger partial charge in [-0.25, -0.2) is 5.43 Å². The average Bonchev–Trinajstić information content (AvgIpc) is 2.95. The van der Waals surface area contributed by atoms with E-state index in [1.165, 1.54) is 7.11 Å². The zero-order valence-electron chi connectivity index (χ0n) is 11.6. The maximum absolute atomic E-state index is 11.5. The molecular weight excluding hydrogens is 276 g/mol. The van der Waals surface area contributed by atoms with E-state index >= 15 is 0 Å². The van der Waals surface area contributed by atoms with Gasteiger partial charge in [-0.3, -0.25) is 9.59 Å². The topological polar surface area (TPSA) is 67.8 Å². The quantitative estimate of drug-likeness (QED) is 0.330. The first-order chi connectivity index (χ1) is 9.72. The van der Waals surface area contributed by atoms with Gasteiger partial charge in [0.15, 0.2) is 0 Å². The SMILES string of the molecule is COC(=O)CCCCCCC(=O)N/N=C/c1cccs1. The average molecular weight is 296 g/mol. The number of ether oxygens (including phenoxy) is 1. The molecule has 6 heteroatoms. The van der Waals surface area contributed by atoms with Crippen molar-refractivity contribution < 1.29 is 14.3 Å². The standard InChI is InChI=1S/C14H20N2O3S/c1-19-14(18)9-5-3-2-4-8-13(17)16-15-11-12-7-6-10-20-12/h6-7,10-11H,2-5,8-9H2,1H3,(H,16,17)/b15-11+. The van der Waals surface area contributed by atoms with Gasteiger partial charge in [0.25, 0.3) is 0 Å². The number of thiophene rings is 1. The second-order valence-corrected chi connectivity index (χ2v) is 5.28. The summed E-state index contributed by atoms with van der Waals surface area (Å²) < 4.78 is 4.55. The Bertz CT molecular complexity index is 430. The minimum atomic E-state index is -0.175. The lowest BCUT2D eigenvalue weighted by Crippen LogP contribution is -2.16. The van der Waals surface area contributed by atoms with Crippen LogP contribution in [0.5, 0.6) is 0 Å². The minimum absolute atomic E-state index is 0.0780. The molecule has 20 heavy (non-hydrogen) atoms. The first-order valence-corrected chi connectivity index (χ1v) is 7.52. The normalized spacial score (nSPS) is 10.7. The lowest BCUT2D eigenvalue weighted by Gasteiger charge is -2.01. The van der Waals surface area contributed by atoms with Crippen LogP contribution in [0.25, 0.3) is 0 Å². The van der Waals surface area contributed by atoms with Crippen LogP contribution in [0.15, 0.2) is 22.6 Å². The number of hydrogen-bond acceptors (Lipinski definition) is 5. The fourth-order valence-corrected chi connectivity index (χ4v) is 2.18. The molecule has 0 radical (unpaired) electrons. The van der Waals surface area contributed by atoms with Gasteiger partial charge in [0.05, 0.1) is 13.3 Å². The van der Waals surface area contributed by atoms with Crippen LogP contribution in [0.4, 0.5) is 0 Å². The Kier molecular flexibility index (Phi) is 8.30. The Hall–Kier alpha value is -1.69. The molecule has 0 aliphatic carbocycles. The number of nitrogens with zero attached hydrogens (tertiary/aromatic N) is 1. The molecule has 0 atom stereocenters. The van der Waals surface area contributed by atoms with Crippen LogP contribution >= 0.6 is 11.3 Å². The number of hydrazone groups is 1. The van der Waals surface area contributed by atoms with E-state index in [9.17, 15) is 9.59 Å². The highest BCUT2D eigenvalue weighted by atomic mass is 32.1. The van der Waals surface area contributed by atoms with Crippen molar-refractivity contribution in [3.05, 3.63) is 22.4 Å². The number of carbonyl (C=O) groups excluding carboxylic acids is 2. The molecule has 0 saturated carbocycles. The molecule has 1 heterocycles. The number of esters is 1. The molecule has 0 aliphatic rings. The largest absolute Gasteiger partial charge is 0.469 e. The first kappa shape index (κ1) is 16.4. The van der Waals surface area contributed by atoms with E-state index in [1.807, 2.05) is 17.5 Å². The molecule has 0 aliphatic heterocycles. The molecule has 0 unspecified atom stereocenters. The van der Waals surface area contributed by atoms with Crippen LogP contribution in [0.1, 0.15) is 43.4 Å². The predicted molar refractivity (Wildman–Crippen MR) is 79.8 cm³/mol. The van der Waals surface area contributed by atoms with E-state index in [4.69, 9.17) is 0 Å². The third kappa shape index (κ3) is 7.68. The van der Waals surface area contributed by atoms with Crippen LogP contribution in [0, 0.1) is 0 Å². The van der Waals surface area contributed by atoms with Gasteiger partial charge in [-0.15, -0.1) is 11.3 Å². The molecular formula is C14H20N2O3S. The van der Waals surface area contributed by atoms with Crippen LogP contribution < -0.4 is 5.43 Å². The van der Waals surface area contributed by atoms with Crippen molar-refractivity contribution in [1.29, 1.82) is 0 Å². The van der Waals surface area contributed by atoms with Crippen LogP contribution in [-0.2, 0) is 14.3 Å². The highest BCUT2D eigenvalue weighted by Gasteiger charge is 2.01. The lowest BCUT2D eigenvalue weighted by atomic mass is 10.1. The molecule has 1 aromatic rings. The molecule has 1 amide bonds. The monoisotopic (exact) mass is 296 g/mol. The number of rotatable bonds is 9. The van der Waals surface area contributed by atoms with Crippen molar-refractivity contribution in [2.24, 2.45) is 5.10 Å². The van der Waals surface area contributed by atoms with Gasteiger partial charge in [0.1, 0.15) is 0 Å². The molecule has 0 bridgehead atoms. The molecule has 0 aromatic carbocycles. The second-order valence-electron chi connectivity index (χ2n) is 4.30. The van der Waals surface area contributed by atoms with Crippen molar-refractivity contribution in [3.8, 4) is 0 Å². The summed E-state index contributed by atoms with van der Waals surface area (Å²) in [7, 11) is 1.39. The summed E-state index contributed by atoms with van der Waals surface area (Å²) in [4.78, 5) is 23.3. The number of amides is 1. The molecule has 0 fully saturated rings. The Morgan fingerprint density at radius 3 is 2.70 bits per heavy atom. The number of carbonyl (C=O) groups is 2. The highest BCUT2D eigenvalue weighted by molar-refractivity contribution is 7.11. The third-order valence-corrected chi connectivity index (χ3v) is 3.49. The van der Waals surface area contributed by atoms with Gasteiger partial charge in [-0.1, -0.05) is 18.9 Å². The molecule has 5 nitrogen and oxygen atoms in total.